The molecule has 0 saturated carbocycles. The Bertz CT molecular complexity index is 1610. The number of methoxy groups -OCH3 is 1. The van der Waals surface area contributed by atoms with Crippen LogP contribution < -0.4 is 15.2 Å². The number of ether oxygens (including phenoxy) is 2. The highest BCUT2D eigenvalue weighted by Crippen LogP contribution is 2.58. The van der Waals surface area contributed by atoms with Crippen molar-refractivity contribution in [3.63, 3.8) is 0 Å². The number of anilines is 1. The minimum absolute atomic E-state index is 0.0602. The maximum absolute atomic E-state index is 13.8. The lowest BCUT2D eigenvalue weighted by atomic mass is 9.82. The van der Waals surface area contributed by atoms with E-state index in [1.54, 1.807) is 13.2 Å². The SMILES string of the molecule is COc1ccc([Si](C)(C)[C@@H]2[C@@H](CCn3cc(C(CO)c4ccccc4)nn3)O[C@]3(C(=O)Nc4ccc(Cl)cc43)[C@H]2C)cc1. The second kappa shape index (κ2) is 11.5. The number of aliphatic hydroxyl groups excluding tert-OH is 1. The first-order valence-electron chi connectivity index (χ1n) is 14.7. The van der Waals surface area contributed by atoms with Crippen LogP contribution in [0, 0.1) is 5.92 Å². The molecule has 2 aliphatic heterocycles. The molecule has 3 aromatic carbocycles. The number of aromatic nitrogens is 3. The van der Waals surface area contributed by atoms with Crippen LogP contribution in [0.5, 0.6) is 5.75 Å². The number of halogens is 1. The molecule has 6 rings (SSSR count). The number of amides is 1. The second-order valence-electron chi connectivity index (χ2n) is 12.1. The van der Waals surface area contributed by atoms with Gasteiger partial charge in [-0.05, 0) is 47.9 Å². The highest BCUT2D eigenvalue weighted by Gasteiger charge is 2.64. The van der Waals surface area contributed by atoms with E-state index in [9.17, 15) is 9.90 Å². The number of aryl methyl sites for hydroxylation is 1. The quantitative estimate of drug-likeness (QED) is 0.247. The van der Waals surface area contributed by atoms with Crippen LogP contribution in [-0.2, 0) is 21.7 Å². The first kappa shape index (κ1) is 29.6. The summed E-state index contributed by atoms with van der Waals surface area (Å²) in [7, 11) is -0.569. The van der Waals surface area contributed by atoms with Gasteiger partial charge in [-0.15, -0.1) is 5.10 Å². The Kier molecular flexibility index (Phi) is 7.93. The van der Waals surface area contributed by atoms with Gasteiger partial charge < -0.3 is 19.9 Å². The average molecular weight is 617 g/mol. The molecule has 0 aliphatic carbocycles. The monoisotopic (exact) mass is 616 g/mol. The molecule has 1 aromatic heterocycles. The molecule has 2 aliphatic rings. The van der Waals surface area contributed by atoms with E-state index in [1.165, 1.54) is 5.19 Å². The predicted octanol–water partition coefficient (Wildman–Crippen LogP) is 5.32. The van der Waals surface area contributed by atoms with Gasteiger partial charge in [-0.3, -0.25) is 9.48 Å². The van der Waals surface area contributed by atoms with E-state index >= 15 is 0 Å². The zero-order valence-electron chi connectivity index (χ0n) is 24.8. The fourth-order valence-corrected chi connectivity index (χ4v) is 11.5. The summed E-state index contributed by atoms with van der Waals surface area (Å²) in [6.45, 7) is 7.36. The van der Waals surface area contributed by atoms with Crippen LogP contribution in [0.25, 0.3) is 0 Å². The third-order valence-corrected chi connectivity index (χ3v) is 14.1. The van der Waals surface area contributed by atoms with Crippen LogP contribution >= 0.6 is 11.6 Å². The summed E-state index contributed by atoms with van der Waals surface area (Å²) < 4.78 is 14.2. The molecule has 8 nitrogen and oxygen atoms in total. The van der Waals surface area contributed by atoms with Gasteiger partial charge in [0.25, 0.3) is 5.91 Å². The van der Waals surface area contributed by atoms with Crippen LogP contribution in [-0.4, -0.2) is 53.9 Å². The van der Waals surface area contributed by atoms with Gasteiger partial charge in [0.15, 0.2) is 5.60 Å². The molecule has 1 amide bonds. The molecule has 4 aromatic rings. The van der Waals surface area contributed by atoms with Crippen LogP contribution in [0.1, 0.15) is 36.1 Å². The lowest BCUT2D eigenvalue weighted by Gasteiger charge is -2.37. The molecule has 2 N–H and O–H groups in total. The highest BCUT2D eigenvalue weighted by atomic mass is 35.5. The Balaban J connectivity index is 1.33. The first-order valence-corrected chi connectivity index (χ1v) is 18.1. The second-order valence-corrected chi connectivity index (χ2v) is 17.3. The number of hydrogen-bond donors (Lipinski definition) is 2. The number of hydrogen-bond acceptors (Lipinski definition) is 6. The Hall–Kier alpha value is -3.50. The summed E-state index contributed by atoms with van der Waals surface area (Å²) in [5, 5.41) is 23.9. The van der Waals surface area contributed by atoms with Crippen LogP contribution in [0.4, 0.5) is 5.69 Å². The van der Waals surface area contributed by atoms with E-state index < -0.39 is 13.7 Å². The summed E-state index contributed by atoms with van der Waals surface area (Å²) >= 11 is 6.46. The largest absolute Gasteiger partial charge is 0.497 e. The summed E-state index contributed by atoms with van der Waals surface area (Å²) in [5.41, 5.74) is 2.24. The Morgan fingerprint density at radius 1 is 1.14 bits per heavy atom. The minimum Gasteiger partial charge on any atom is -0.497 e. The van der Waals surface area contributed by atoms with Crippen molar-refractivity contribution in [1.29, 1.82) is 0 Å². The van der Waals surface area contributed by atoms with E-state index in [0.29, 0.717) is 23.7 Å². The fraction of sp³-hybridized carbons (Fsp3) is 0.364. The van der Waals surface area contributed by atoms with Gasteiger partial charge in [0.05, 0.1) is 39.5 Å². The number of nitrogens with zero attached hydrogens (tertiary/aromatic N) is 3. The molecule has 0 radical (unpaired) electrons. The van der Waals surface area contributed by atoms with Crippen molar-refractivity contribution in [3.8, 4) is 5.75 Å². The normalized spacial score (nSPS) is 23.8. The van der Waals surface area contributed by atoms with E-state index in [1.807, 2.05) is 65.5 Å². The lowest BCUT2D eigenvalue weighted by molar-refractivity contribution is -0.143. The van der Waals surface area contributed by atoms with Crippen molar-refractivity contribution < 1.29 is 19.4 Å². The van der Waals surface area contributed by atoms with Crippen molar-refractivity contribution in [1.82, 2.24) is 15.0 Å². The Morgan fingerprint density at radius 3 is 2.58 bits per heavy atom. The molecule has 1 unspecified atom stereocenters. The number of benzene rings is 3. The fourth-order valence-electron chi connectivity index (χ4n) is 7.27. The standard InChI is InChI=1S/C33H37ClN4O4Si/c1-21-31(43(3,4)25-13-11-24(41-2)12-14-25)30(42-33(21)27-18-23(34)10-15-28(27)35-32(33)40)16-17-38-19-29(36-37-38)26(20-39)22-8-6-5-7-9-22/h5-15,18-19,21,26,30-31,39H,16-17,20H2,1-4H3,(H,35,40)/t21-,26?,30+,31-,33+/m0/s1. The summed E-state index contributed by atoms with van der Waals surface area (Å²) in [4.78, 5) is 13.8. The summed E-state index contributed by atoms with van der Waals surface area (Å²) in [5.74, 6) is 0.318. The topological polar surface area (TPSA) is 98.5 Å². The molecule has 5 atom stereocenters. The number of nitrogens with one attached hydrogen (secondary N) is 1. The maximum Gasteiger partial charge on any atom is 0.261 e. The minimum atomic E-state index is -2.24. The predicted molar refractivity (Wildman–Crippen MR) is 170 cm³/mol. The van der Waals surface area contributed by atoms with Crippen LogP contribution in [0.2, 0.25) is 23.7 Å². The van der Waals surface area contributed by atoms with Crippen LogP contribution in [0.3, 0.4) is 0 Å². The molecule has 10 heteroatoms. The van der Waals surface area contributed by atoms with E-state index in [-0.39, 0.29) is 36.0 Å². The van der Waals surface area contributed by atoms with E-state index in [0.717, 1.165) is 22.6 Å². The highest BCUT2D eigenvalue weighted by molar-refractivity contribution is 6.91. The molecule has 3 heterocycles. The summed E-state index contributed by atoms with van der Waals surface area (Å²) in [6.07, 6.45) is 2.33. The van der Waals surface area contributed by atoms with Gasteiger partial charge in [0.2, 0.25) is 0 Å². The molecular formula is C33H37ClN4O4Si. The Labute approximate surface area is 258 Å². The van der Waals surface area contributed by atoms with Crippen LogP contribution in [0.15, 0.2) is 79.0 Å². The van der Waals surface area contributed by atoms with Gasteiger partial charge in [0.1, 0.15) is 5.75 Å². The van der Waals surface area contributed by atoms with E-state index in [4.69, 9.17) is 21.1 Å². The number of carbonyl (C=O) groups is 1. The number of rotatable bonds is 9. The number of fused-ring (bicyclic) bond motifs is 2. The van der Waals surface area contributed by atoms with Gasteiger partial charge in [-0.1, -0.05) is 84.5 Å². The molecular weight excluding hydrogens is 580 g/mol. The third kappa shape index (κ3) is 5.08. The van der Waals surface area contributed by atoms with Crippen molar-refractivity contribution in [2.75, 3.05) is 19.0 Å². The molecule has 43 heavy (non-hydrogen) atoms. The van der Waals surface area contributed by atoms with Crippen molar-refractivity contribution >= 4 is 36.5 Å². The molecule has 1 fully saturated rings. The van der Waals surface area contributed by atoms with Crippen molar-refractivity contribution in [3.05, 3.63) is 101 Å². The Morgan fingerprint density at radius 2 is 1.88 bits per heavy atom. The van der Waals surface area contributed by atoms with Gasteiger partial charge in [0, 0.05) is 34.9 Å². The lowest BCUT2D eigenvalue weighted by Crippen LogP contribution is -2.51. The molecule has 1 saturated heterocycles. The van der Waals surface area contributed by atoms with Gasteiger partial charge in [-0.25, -0.2) is 0 Å². The van der Waals surface area contributed by atoms with E-state index in [2.05, 4.69) is 47.8 Å². The molecule has 224 valence electrons. The zero-order valence-corrected chi connectivity index (χ0v) is 26.6. The average Bonchev–Trinajstić information content (AvgIpc) is 3.68. The molecule has 0 bridgehead atoms. The first-order chi connectivity index (χ1) is 20.7. The van der Waals surface area contributed by atoms with Gasteiger partial charge >= 0.3 is 0 Å². The zero-order chi connectivity index (χ0) is 30.4. The third-order valence-electron chi connectivity index (χ3n) is 9.49. The number of carbonyl (C=O) groups excluding carboxylic acids is 1. The van der Waals surface area contributed by atoms with Crippen molar-refractivity contribution in [2.45, 2.75) is 56.1 Å². The van der Waals surface area contributed by atoms with Crippen molar-refractivity contribution in [2.24, 2.45) is 5.92 Å². The summed E-state index contributed by atoms with van der Waals surface area (Å²) in [6, 6.07) is 23.7. The maximum atomic E-state index is 13.8. The van der Waals surface area contributed by atoms with Gasteiger partial charge in [-0.2, -0.15) is 0 Å². The molecule has 1 spiro atoms. The smallest absolute Gasteiger partial charge is 0.261 e. The number of aliphatic hydroxyl groups is 1.